The molecule has 20 heavy (non-hydrogen) atoms. The lowest BCUT2D eigenvalue weighted by atomic mass is 10.2. The third kappa shape index (κ3) is 3.18. The fraction of sp³-hybridized carbons (Fsp3) is 0.438. The van der Waals surface area contributed by atoms with Crippen molar-refractivity contribution >= 4 is 17.4 Å². The summed E-state index contributed by atoms with van der Waals surface area (Å²) in [6, 6.07) is 9.08. The van der Waals surface area contributed by atoms with E-state index in [0.29, 0.717) is 6.04 Å². The van der Waals surface area contributed by atoms with Crippen molar-refractivity contribution in [3.63, 3.8) is 0 Å². The highest BCUT2D eigenvalue weighted by atomic mass is 32.2. The van der Waals surface area contributed by atoms with E-state index in [0.717, 1.165) is 17.9 Å². The number of thioether (sulfide) groups is 1. The summed E-state index contributed by atoms with van der Waals surface area (Å²) in [6.45, 7) is 9.33. The van der Waals surface area contributed by atoms with Crippen molar-refractivity contribution in [1.82, 2.24) is 9.78 Å². The summed E-state index contributed by atoms with van der Waals surface area (Å²) in [6.07, 6.45) is 2.10. The largest absolute Gasteiger partial charge is 0.378 e. The summed E-state index contributed by atoms with van der Waals surface area (Å²) in [5.74, 6) is 0. The van der Waals surface area contributed by atoms with Crippen molar-refractivity contribution in [3.05, 3.63) is 41.2 Å². The predicted molar refractivity (Wildman–Crippen MR) is 87.6 cm³/mol. The second-order valence-electron chi connectivity index (χ2n) is 5.29. The van der Waals surface area contributed by atoms with E-state index in [9.17, 15) is 0 Å². The first-order valence-corrected chi connectivity index (χ1v) is 8.18. The fourth-order valence-corrected chi connectivity index (χ4v) is 2.76. The van der Waals surface area contributed by atoms with Gasteiger partial charge in [-0.25, -0.2) is 0 Å². The van der Waals surface area contributed by atoms with E-state index in [1.807, 2.05) is 0 Å². The van der Waals surface area contributed by atoms with E-state index in [1.165, 1.54) is 16.2 Å². The number of nitrogens with one attached hydrogen (secondary N) is 1. The molecule has 0 radical (unpaired) electrons. The molecule has 0 aliphatic carbocycles. The average molecular weight is 289 g/mol. The quantitative estimate of drug-likeness (QED) is 0.827. The van der Waals surface area contributed by atoms with Crippen molar-refractivity contribution in [2.24, 2.45) is 0 Å². The maximum absolute atomic E-state index is 4.60. The normalized spacial score (nSPS) is 11.1. The first-order chi connectivity index (χ1) is 9.52. The molecule has 0 unspecified atom stereocenters. The third-order valence-electron chi connectivity index (χ3n) is 3.44. The van der Waals surface area contributed by atoms with Crippen molar-refractivity contribution < 1.29 is 0 Å². The molecule has 1 heterocycles. The fourth-order valence-electron chi connectivity index (χ4n) is 2.36. The average Bonchev–Trinajstić information content (AvgIpc) is 2.72. The highest BCUT2D eigenvalue weighted by Gasteiger charge is 2.12. The zero-order valence-electron chi connectivity index (χ0n) is 12.9. The van der Waals surface area contributed by atoms with Crippen molar-refractivity contribution in [1.29, 1.82) is 0 Å². The molecular formula is C16H23N3S. The molecule has 0 amide bonds. The number of aromatic nitrogens is 2. The summed E-state index contributed by atoms with van der Waals surface area (Å²) in [4.78, 5) is 1.30. The van der Waals surface area contributed by atoms with Gasteiger partial charge in [0.25, 0.3) is 0 Å². The molecule has 2 aromatic rings. The van der Waals surface area contributed by atoms with E-state index >= 15 is 0 Å². The Morgan fingerprint density at radius 1 is 1.20 bits per heavy atom. The molecule has 4 heteroatoms. The van der Waals surface area contributed by atoms with E-state index in [1.54, 1.807) is 11.8 Å². The first-order valence-electron chi connectivity index (χ1n) is 6.95. The number of benzene rings is 1. The topological polar surface area (TPSA) is 29.9 Å². The highest BCUT2D eigenvalue weighted by molar-refractivity contribution is 7.98. The molecule has 3 nitrogen and oxygen atoms in total. The van der Waals surface area contributed by atoms with E-state index in [2.05, 4.69) is 73.3 Å². The van der Waals surface area contributed by atoms with Gasteiger partial charge >= 0.3 is 0 Å². The van der Waals surface area contributed by atoms with Gasteiger partial charge < -0.3 is 5.32 Å². The Balaban J connectivity index is 2.10. The summed E-state index contributed by atoms with van der Waals surface area (Å²) in [7, 11) is 0. The minimum atomic E-state index is 0.394. The monoisotopic (exact) mass is 289 g/mol. The van der Waals surface area contributed by atoms with Gasteiger partial charge in [0.15, 0.2) is 0 Å². The number of rotatable bonds is 5. The Morgan fingerprint density at radius 3 is 2.35 bits per heavy atom. The van der Waals surface area contributed by atoms with Crippen LogP contribution in [0.5, 0.6) is 0 Å². The molecule has 1 aromatic heterocycles. The molecule has 0 fully saturated rings. The summed E-state index contributed by atoms with van der Waals surface area (Å²) in [5, 5.41) is 8.12. The number of aryl methyl sites for hydroxylation is 1. The molecular weight excluding hydrogens is 266 g/mol. The Kier molecular flexibility index (Phi) is 4.76. The van der Waals surface area contributed by atoms with Crippen molar-refractivity contribution in [2.45, 2.75) is 45.2 Å². The van der Waals surface area contributed by atoms with Gasteiger partial charge in [0.05, 0.1) is 17.1 Å². The van der Waals surface area contributed by atoms with E-state index < -0.39 is 0 Å². The van der Waals surface area contributed by atoms with Gasteiger partial charge in [0, 0.05) is 17.5 Å². The summed E-state index contributed by atoms with van der Waals surface area (Å²) < 4.78 is 2.08. The minimum absolute atomic E-state index is 0.394. The molecule has 0 bridgehead atoms. The number of hydrogen-bond acceptors (Lipinski definition) is 3. The van der Waals surface area contributed by atoms with Crippen LogP contribution in [0.4, 0.5) is 5.69 Å². The Hall–Kier alpha value is -1.42. The Bertz CT molecular complexity index is 570. The molecule has 0 saturated heterocycles. The molecule has 1 N–H and O–H groups in total. The van der Waals surface area contributed by atoms with E-state index in [-0.39, 0.29) is 0 Å². The molecule has 108 valence electrons. The predicted octanol–water partition coefficient (Wildman–Crippen LogP) is 4.41. The van der Waals surface area contributed by atoms with Crippen molar-refractivity contribution in [3.8, 4) is 0 Å². The van der Waals surface area contributed by atoms with Gasteiger partial charge in [0.2, 0.25) is 0 Å². The Labute approximate surface area is 125 Å². The lowest BCUT2D eigenvalue weighted by Gasteiger charge is -2.10. The van der Waals surface area contributed by atoms with Gasteiger partial charge in [-0.15, -0.1) is 11.8 Å². The Morgan fingerprint density at radius 2 is 1.85 bits per heavy atom. The van der Waals surface area contributed by atoms with Crippen LogP contribution >= 0.6 is 11.8 Å². The molecule has 0 aliphatic heterocycles. The summed E-state index contributed by atoms with van der Waals surface area (Å²) >= 11 is 1.77. The second kappa shape index (κ2) is 6.35. The number of nitrogens with zero attached hydrogens (tertiary/aromatic N) is 2. The van der Waals surface area contributed by atoms with Crippen LogP contribution in [0, 0.1) is 13.8 Å². The molecule has 0 saturated carbocycles. The molecule has 0 aliphatic rings. The van der Waals surface area contributed by atoms with Crippen LogP contribution in [-0.4, -0.2) is 16.0 Å². The smallest absolute Gasteiger partial charge is 0.0828 e. The van der Waals surface area contributed by atoms with Crippen LogP contribution in [0.15, 0.2) is 29.2 Å². The molecule has 0 spiro atoms. The molecule has 1 aromatic carbocycles. The lowest BCUT2D eigenvalue weighted by Crippen LogP contribution is -2.06. The maximum atomic E-state index is 4.60. The van der Waals surface area contributed by atoms with Crippen LogP contribution in [0.25, 0.3) is 0 Å². The number of anilines is 1. The molecule has 2 rings (SSSR count). The van der Waals surface area contributed by atoms with Crippen LogP contribution < -0.4 is 5.32 Å². The van der Waals surface area contributed by atoms with Crippen LogP contribution in [0.3, 0.4) is 0 Å². The van der Waals surface area contributed by atoms with Gasteiger partial charge in [-0.2, -0.15) is 5.10 Å². The molecule has 0 atom stereocenters. The van der Waals surface area contributed by atoms with Gasteiger partial charge in [-0.05, 0) is 51.6 Å². The number of hydrogen-bond donors (Lipinski definition) is 1. The van der Waals surface area contributed by atoms with Gasteiger partial charge in [-0.1, -0.05) is 12.1 Å². The SMILES string of the molecule is CSc1ccc(CNc2c(C)nn(C(C)C)c2C)cc1. The van der Waals surface area contributed by atoms with Crippen LogP contribution in [0.2, 0.25) is 0 Å². The second-order valence-corrected chi connectivity index (χ2v) is 6.17. The van der Waals surface area contributed by atoms with Gasteiger partial charge in [-0.3, -0.25) is 4.68 Å². The standard InChI is InChI=1S/C16H23N3S/c1-11(2)19-13(4)16(12(3)18-19)17-10-14-6-8-15(20-5)9-7-14/h6-9,11,17H,10H2,1-5H3. The van der Waals surface area contributed by atoms with E-state index in [4.69, 9.17) is 0 Å². The zero-order valence-corrected chi connectivity index (χ0v) is 13.7. The zero-order chi connectivity index (χ0) is 14.7. The first kappa shape index (κ1) is 15.0. The summed E-state index contributed by atoms with van der Waals surface area (Å²) in [5.41, 5.74) is 4.72. The van der Waals surface area contributed by atoms with Crippen molar-refractivity contribution in [2.75, 3.05) is 11.6 Å². The van der Waals surface area contributed by atoms with Crippen LogP contribution in [0.1, 0.15) is 36.8 Å². The highest BCUT2D eigenvalue weighted by Crippen LogP contribution is 2.23. The van der Waals surface area contributed by atoms with Gasteiger partial charge in [0.1, 0.15) is 0 Å². The third-order valence-corrected chi connectivity index (χ3v) is 4.19. The minimum Gasteiger partial charge on any atom is -0.378 e. The maximum Gasteiger partial charge on any atom is 0.0828 e. The lowest BCUT2D eigenvalue weighted by molar-refractivity contribution is 0.516. The van der Waals surface area contributed by atoms with Crippen LogP contribution in [-0.2, 0) is 6.54 Å².